The Hall–Kier alpha value is -1.75. The van der Waals surface area contributed by atoms with Crippen molar-refractivity contribution in [2.45, 2.75) is 38.8 Å². The summed E-state index contributed by atoms with van der Waals surface area (Å²) in [6.45, 7) is 4.86. The van der Waals surface area contributed by atoms with Crippen molar-refractivity contribution in [2.75, 3.05) is 25.7 Å². The van der Waals surface area contributed by atoms with Gasteiger partial charge in [-0.05, 0) is 25.0 Å². The summed E-state index contributed by atoms with van der Waals surface area (Å²) in [7, 11) is 3.20. The maximum absolute atomic E-state index is 12.6. The van der Waals surface area contributed by atoms with E-state index in [2.05, 4.69) is 19.2 Å². The molecule has 1 aromatic rings. The molecule has 1 amide bonds. The molecule has 0 aromatic heterocycles. The molecule has 1 heterocycles. The quantitative estimate of drug-likeness (QED) is 0.904. The van der Waals surface area contributed by atoms with Gasteiger partial charge in [-0.15, -0.1) is 0 Å². The number of methoxy groups -OCH3 is 2. The summed E-state index contributed by atoms with van der Waals surface area (Å²) in [5, 5.41) is 3.34. The first-order valence-electron chi connectivity index (χ1n) is 7.36. The third-order valence-electron chi connectivity index (χ3n) is 3.65. The Labute approximate surface area is 126 Å². The minimum absolute atomic E-state index is 0.105. The highest BCUT2D eigenvalue weighted by Gasteiger charge is 2.30. The first-order chi connectivity index (χ1) is 10.1. The second-order valence-corrected chi connectivity index (χ2v) is 5.55. The van der Waals surface area contributed by atoms with Gasteiger partial charge in [0, 0.05) is 24.3 Å². The van der Waals surface area contributed by atoms with Crippen molar-refractivity contribution in [3.8, 4) is 11.5 Å². The fraction of sp³-hybridized carbons (Fsp3) is 0.562. The maximum Gasteiger partial charge on any atom is 0.244 e. The molecular weight excluding hydrogens is 268 g/mol. The number of nitrogens with zero attached hydrogens (tertiary/aromatic N) is 1. The lowest BCUT2D eigenvalue weighted by Crippen LogP contribution is -2.52. The molecule has 1 aromatic carbocycles. The second-order valence-electron chi connectivity index (χ2n) is 5.55. The highest BCUT2D eigenvalue weighted by atomic mass is 16.5. The van der Waals surface area contributed by atoms with Gasteiger partial charge in [0.2, 0.25) is 5.91 Å². The number of hydrogen-bond donors (Lipinski definition) is 1. The highest BCUT2D eigenvalue weighted by Crippen LogP contribution is 2.32. The van der Waals surface area contributed by atoms with Gasteiger partial charge in [-0.25, -0.2) is 0 Å². The second kappa shape index (κ2) is 6.80. The number of amides is 1. The van der Waals surface area contributed by atoms with Crippen molar-refractivity contribution >= 4 is 11.6 Å². The number of carbonyl (C=O) groups is 1. The van der Waals surface area contributed by atoms with Crippen LogP contribution in [0.25, 0.3) is 0 Å². The first-order valence-corrected chi connectivity index (χ1v) is 7.36. The molecule has 0 spiro atoms. The van der Waals surface area contributed by atoms with Crippen molar-refractivity contribution < 1.29 is 14.3 Å². The fourth-order valence-electron chi connectivity index (χ4n) is 2.68. The molecule has 1 fully saturated rings. The number of rotatable bonds is 5. The van der Waals surface area contributed by atoms with Gasteiger partial charge in [-0.2, -0.15) is 0 Å². The van der Waals surface area contributed by atoms with Crippen LogP contribution in [0.1, 0.15) is 26.7 Å². The zero-order valence-electron chi connectivity index (χ0n) is 13.2. The minimum atomic E-state index is -0.105. The Morgan fingerprint density at radius 1 is 1.24 bits per heavy atom. The molecule has 1 aliphatic heterocycles. The molecule has 0 aliphatic carbocycles. The average molecular weight is 292 g/mol. The van der Waals surface area contributed by atoms with Crippen molar-refractivity contribution in [3.05, 3.63) is 18.2 Å². The first kappa shape index (κ1) is 15.6. The molecule has 0 saturated carbocycles. The smallest absolute Gasteiger partial charge is 0.244 e. The molecule has 21 heavy (non-hydrogen) atoms. The predicted octanol–water partition coefficient (Wildman–Crippen LogP) is 2.20. The largest absolute Gasteiger partial charge is 0.493 e. The van der Waals surface area contributed by atoms with Gasteiger partial charge >= 0.3 is 0 Å². The van der Waals surface area contributed by atoms with Crippen LogP contribution in [0.2, 0.25) is 0 Å². The fourth-order valence-corrected chi connectivity index (χ4v) is 2.68. The topological polar surface area (TPSA) is 50.8 Å². The van der Waals surface area contributed by atoms with Crippen molar-refractivity contribution in [1.29, 1.82) is 0 Å². The van der Waals surface area contributed by atoms with Crippen LogP contribution in [-0.2, 0) is 4.79 Å². The average Bonchev–Trinajstić information content (AvgIpc) is 2.48. The van der Waals surface area contributed by atoms with Crippen LogP contribution in [-0.4, -0.2) is 38.8 Å². The molecule has 2 rings (SSSR count). The lowest BCUT2D eigenvalue weighted by molar-refractivity contribution is -0.121. The summed E-state index contributed by atoms with van der Waals surface area (Å²) in [6.07, 6.45) is 1.88. The molecule has 5 heteroatoms. The van der Waals surface area contributed by atoms with E-state index in [1.807, 2.05) is 23.1 Å². The third-order valence-corrected chi connectivity index (χ3v) is 3.65. The number of hydrogen-bond acceptors (Lipinski definition) is 4. The van der Waals surface area contributed by atoms with Gasteiger partial charge in [0.05, 0.1) is 20.3 Å². The monoisotopic (exact) mass is 292 g/mol. The summed E-state index contributed by atoms with van der Waals surface area (Å²) in [5.74, 6) is 1.44. The summed E-state index contributed by atoms with van der Waals surface area (Å²) >= 11 is 0. The molecule has 1 unspecified atom stereocenters. The number of benzene rings is 1. The van der Waals surface area contributed by atoms with E-state index in [0.717, 1.165) is 25.1 Å². The standard InChI is InChI=1S/C16H24N2O3/c1-11(2)17-13-6-5-9-18(16(13)19)12-7-8-14(20-3)15(10-12)21-4/h7-8,10-11,13,17H,5-6,9H2,1-4H3. The zero-order chi connectivity index (χ0) is 15.4. The predicted molar refractivity (Wildman–Crippen MR) is 83.2 cm³/mol. The highest BCUT2D eigenvalue weighted by molar-refractivity contribution is 5.98. The Kier molecular flexibility index (Phi) is 5.07. The number of nitrogens with one attached hydrogen (secondary N) is 1. The third kappa shape index (κ3) is 3.47. The van der Waals surface area contributed by atoms with Gasteiger partial charge in [-0.1, -0.05) is 13.8 Å². The van der Waals surface area contributed by atoms with Crippen LogP contribution < -0.4 is 19.7 Å². The summed E-state index contributed by atoms with van der Waals surface area (Å²) in [6, 6.07) is 5.78. The van der Waals surface area contributed by atoms with E-state index < -0.39 is 0 Å². The molecular formula is C16H24N2O3. The van der Waals surface area contributed by atoms with Crippen LogP contribution >= 0.6 is 0 Å². The lowest BCUT2D eigenvalue weighted by Gasteiger charge is -2.34. The Bertz CT molecular complexity index is 502. The van der Waals surface area contributed by atoms with Crippen molar-refractivity contribution in [3.63, 3.8) is 0 Å². The normalized spacial score (nSPS) is 19.0. The molecule has 0 bridgehead atoms. The van der Waals surface area contributed by atoms with E-state index in [-0.39, 0.29) is 11.9 Å². The van der Waals surface area contributed by atoms with Crippen LogP contribution in [0.5, 0.6) is 11.5 Å². The Balaban J connectivity index is 2.22. The number of carbonyl (C=O) groups excluding carboxylic acids is 1. The molecule has 0 radical (unpaired) electrons. The van der Waals surface area contributed by atoms with E-state index in [9.17, 15) is 4.79 Å². The zero-order valence-corrected chi connectivity index (χ0v) is 13.2. The van der Waals surface area contributed by atoms with E-state index in [1.165, 1.54) is 0 Å². The molecule has 1 aliphatic rings. The van der Waals surface area contributed by atoms with Gasteiger partial charge in [0.1, 0.15) is 0 Å². The van der Waals surface area contributed by atoms with Crippen LogP contribution in [0, 0.1) is 0 Å². The summed E-state index contributed by atoms with van der Waals surface area (Å²) in [5.41, 5.74) is 0.855. The molecule has 1 N–H and O–H groups in total. The molecule has 1 atom stereocenters. The van der Waals surface area contributed by atoms with Crippen molar-refractivity contribution in [2.24, 2.45) is 0 Å². The Morgan fingerprint density at radius 2 is 1.95 bits per heavy atom. The van der Waals surface area contributed by atoms with Crippen LogP contribution in [0.3, 0.4) is 0 Å². The number of ether oxygens (including phenoxy) is 2. The number of piperidine rings is 1. The summed E-state index contributed by atoms with van der Waals surface area (Å²) < 4.78 is 10.6. The van der Waals surface area contributed by atoms with Gasteiger partial charge in [0.15, 0.2) is 11.5 Å². The number of anilines is 1. The van der Waals surface area contributed by atoms with E-state index in [4.69, 9.17) is 9.47 Å². The lowest BCUT2D eigenvalue weighted by atomic mass is 10.0. The Morgan fingerprint density at radius 3 is 2.57 bits per heavy atom. The minimum Gasteiger partial charge on any atom is -0.493 e. The van der Waals surface area contributed by atoms with Gasteiger partial charge in [-0.3, -0.25) is 4.79 Å². The van der Waals surface area contributed by atoms with E-state index >= 15 is 0 Å². The van der Waals surface area contributed by atoms with Gasteiger partial charge < -0.3 is 19.7 Å². The molecule has 1 saturated heterocycles. The van der Waals surface area contributed by atoms with Crippen molar-refractivity contribution in [1.82, 2.24) is 5.32 Å². The van der Waals surface area contributed by atoms with Gasteiger partial charge in [0.25, 0.3) is 0 Å². The summed E-state index contributed by atoms with van der Waals surface area (Å²) in [4.78, 5) is 14.4. The SMILES string of the molecule is COc1ccc(N2CCCC(NC(C)C)C2=O)cc1OC. The van der Waals surface area contributed by atoms with Crippen LogP contribution in [0.15, 0.2) is 18.2 Å². The van der Waals surface area contributed by atoms with Crippen LogP contribution in [0.4, 0.5) is 5.69 Å². The van der Waals surface area contributed by atoms with E-state index in [0.29, 0.717) is 17.5 Å². The molecule has 5 nitrogen and oxygen atoms in total. The maximum atomic E-state index is 12.6. The molecule has 116 valence electrons. The van der Waals surface area contributed by atoms with E-state index in [1.54, 1.807) is 14.2 Å².